The molecule has 0 bridgehead atoms. The maximum Gasteiger partial charge on any atom is 0.269 e. The molecule has 2 aromatic rings. The summed E-state index contributed by atoms with van der Waals surface area (Å²) >= 11 is 0. The van der Waals surface area contributed by atoms with E-state index >= 15 is 0 Å². The summed E-state index contributed by atoms with van der Waals surface area (Å²) in [5.74, 6) is -0.643. The number of carbonyl (C=O) groups excluding carboxylic acids is 2. The third-order valence-electron chi connectivity index (χ3n) is 5.46. The van der Waals surface area contributed by atoms with Crippen LogP contribution in [0.25, 0.3) is 0 Å². The molecular weight excluding hydrogens is 405 g/mol. The van der Waals surface area contributed by atoms with E-state index in [4.69, 9.17) is 11.5 Å². The number of nitrogens with zero attached hydrogens (tertiary/aromatic N) is 2. The first-order valence-electron chi connectivity index (χ1n) is 8.54. The normalized spacial score (nSPS) is 16.3. The van der Waals surface area contributed by atoms with Gasteiger partial charge in [0.25, 0.3) is 11.8 Å². The van der Waals surface area contributed by atoms with E-state index in [0.717, 1.165) is 38.2 Å². The van der Waals surface area contributed by atoms with Crippen LogP contribution in [-0.4, -0.2) is 39.9 Å². The number of nitrogens with two attached hydrogens (primary N) is 2. The minimum atomic E-state index is -0.716. The highest BCUT2D eigenvalue weighted by atomic mass is 35.5. The lowest BCUT2D eigenvalue weighted by molar-refractivity contribution is 0.0959. The largest absolute Gasteiger partial charge is 0.412 e. The van der Waals surface area contributed by atoms with Gasteiger partial charge in [-0.15, -0.1) is 24.8 Å². The van der Waals surface area contributed by atoms with E-state index in [0.29, 0.717) is 6.54 Å². The first-order chi connectivity index (χ1) is 12.0. The molecule has 8 nitrogen and oxygen atoms in total. The van der Waals surface area contributed by atoms with Crippen molar-refractivity contribution >= 4 is 36.6 Å². The van der Waals surface area contributed by atoms with E-state index in [9.17, 15) is 9.59 Å². The molecule has 0 atom stereocenters. The summed E-state index contributed by atoms with van der Waals surface area (Å²) in [5.41, 5.74) is 13.3. The maximum atomic E-state index is 12.1. The predicted octanol–water partition coefficient (Wildman–Crippen LogP) is 0.325. The van der Waals surface area contributed by atoms with Crippen molar-refractivity contribution in [3.8, 4) is 0 Å². The van der Waals surface area contributed by atoms with Crippen molar-refractivity contribution in [1.29, 1.82) is 0 Å². The summed E-state index contributed by atoms with van der Waals surface area (Å²) in [5, 5.41) is 3.38. The Bertz CT molecular complexity index is 878. The van der Waals surface area contributed by atoms with Crippen LogP contribution in [0.3, 0.4) is 0 Å². The van der Waals surface area contributed by atoms with E-state index in [2.05, 4.69) is 22.4 Å². The third kappa shape index (κ3) is 3.48. The average Bonchev–Trinajstić information content (AvgIpc) is 2.96. The van der Waals surface area contributed by atoms with Gasteiger partial charge < -0.3 is 26.8 Å². The molecule has 2 aliphatic heterocycles. The number of carbonyl (C=O) groups is 2. The minimum absolute atomic E-state index is 0. The highest BCUT2D eigenvalue weighted by molar-refractivity contribution is 6.04. The van der Waals surface area contributed by atoms with Crippen molar-refractivity contribution in [2.75, 3.05) is 13.1 Å². The Morgan fingerprint density at radius 1 is 1.07 bits per heavy atom. The quantitative estimate of drug-likeness (QED) is 0.630. The molecule has 10 heteroatoms. The number of amides is 2. The lowest BCUT2D eigenvalue weighted by Crippen LogP contribution is -2.42. The van der Waals surface area contributed by atoms with Crippen LogP contribution in [0.4, 0.5) is 0 Å². The number of rotatable bonds is 2. The number of hydrogen-bond acceptors (Lipinski definition) is 4. The molecule has 1 spiro atoms. The van der Waals surface area contributed by atoms with Gasteiger partial charge in [-0.1, -0.05) is 24.3 Å². The second-order valence-electron chi connectivity index (χ2n) is 6.75. The number of benzene rings is 1. The van der Waals surface area contributed by atoms with E-state index < -0.39 is 11.8 Å². The zero-order chi connectivity index (χ0) is 17.6. The average molecular weight is 430 g/mol. The molecule has 0 radical (unpaired) electrons. The molecule has 0 unspecified atom stereocenters. The van der Waals surface area contributed by atoms with Crippen LogP contribution in [0.5, 0.6) is 0 Å². The lowest BCUT2D eigenvalue weighted by Gasteiger charge is -2.37. The molecule has 7 N–H and O–H groups in total. The van der Waals surface area contributed by atoms with Gasteiger partial charge in [-0.2, -0.15) is 0 Å². The fraction of sp³-hybridized carbons (Fsp3) is 0.389. The summed E-state index contributed by atoms with van der Waals surface area (Å²) in [6.45, 7) is 2.25. The Kier molecular flexibility index (Phi) is 7.61. The van der Waals surface area contributed by atoms with Crippen molar-refractivity contribution in [1.82, 2.24) is 14.9 Å². The molecule has 1 aromatic carbocycles. The summed E-state index contributed by atoms with van der Waals surface area (Å²) < 4.78 is 1.83. The first-order valence-corrected chi connectivity index (χ1v) is 8.54. The molecular formula is C18H25Cl2N5O3. The van der Waals surface area contributed by atoms with Crippen molar-refractivity contribution in [2.24, 2.45) is 11.5 Å². The topological polar surface area (TPSA) is 148 Å². The third-order valence-corrected chi connectivity index (χ3v) is 5.46. The van der Waals surface area contributed by atoms with Gasteiger partial charge in [0.2, 0.25) is 0 Å². The fourth-order valence-electron chi connectivity index (χ4n) is 4.36. The standard InChI is InChI=1S/C18H21N5O2.2ClH.H2O/c19-15(24)13-14(16(20)25)23-10-5-11-3-1-2-4-12(11)18(17(23)22-13)6-8-21-9-7-18;;;/h1-4,21H,5-10H2,(H2,19,24)(H2,20,25);2*1H;1H2. The molecule has 1 fully saturated rings. The molecule has 28 heavy (non-hydrogen) atoms. The fourth-order valence-corrected chi connectivity index (χ4v) is 4.36. The second kappa shape index (κ2) is 8.91. The van der Waals surface area contributed by atoms with Gasteiger partial charge in [-0.05, 0) is 43.5 Å². The Balaban J connectivity index is 0.00000131. The van der Waals surface area contributed by atoms with Crippen molar-refractivity contribution in [3.63, 3.8) is 0 Å². The second-order valence-corrected chi connectivity index (χ2v) is 6.75. The number of nitrogens with one attached hydrogen (secondary N) is 1. The highest BCUT2D eigenvalue weighted by Gasteiger charge is 2.44. The summed E-state index contributed by atoms with van der Waals surface area (Å²) in [4.78, 5) is 28.5. The Hall–Kier alpha value is -2.13. The van der Waals surface area contributed by atoms with E-state index in [1.165, 1.54) is 11.1 Å². The SMILES string of the molecule is Cl.Cl.NC(=O)c1nc2n(c1C(N)=O)CCc1ccccc1C21CCNCC1.O. The number of aromatic nitrogens is 2. The van der Waals surface area contributed by atoms with Gasteiger partial charge >= 0.3 is 0 Å². The van der Waals surface area contributed by atoms with Crippen LogP contribution in [-0.2, 0) is 18.4 Å². The molecule has 1 saturated heterocycles. The molecule has 3 heterocycles. The predicted molar refractivity (Wildman–Crippen MR) is 110 cm³/mol. The van der Waals surface area contributed by atoms with E-state index in [1.54, 1.807) is 0 Å². The van der Waals surface area contributed by atoms with Crippen LogP contribution < -0.4 is 16.8 Å². The maximum absolute atomic E-state index is 12.1. The van der Waals surface area contributed by atoms with Crippen LogP contribution in [0, 0.1) is 0 Å². The Morgan fingerprint density at radius 3 is 2.32 bits per heavy atom. The Morgan fingerprint density at radius 2 is 1.71 bits per heavy atom. The number of primary amides is 2. The summed E-state index contributed by atoms with van der Waals surface area (Å²) in [6.07, 6.45) is 2.45. The number of imidazole rings is 1. The smallest absolute Gasteiger partial charge is 0.269 e. The van der Waals surface area contributed by atoms with Gasteiger partial charge in [0.1, 0.15) is 11.5 Å². The molecule has 4 rings (SSSR count). The van der Waals surface area contributed by atoms with Crippen molar-refractivity contribution in [3.05, 3.63) is 52.6 Å². The molecule has 0 saturated carbocycles. The van der Waals surface area contributed by atoms with Gasteiger partial charge in [-0.25, -0.2) is 4.98 Å². The minimum Gasteiger partial charge on any atom is -0.412 e. The van der Waals surface area contributed by atoms with Crippen LogP contribution in [0.15, 0.2) is 24.3 Å². The highest BCUT2D eigenvalue weighted by Crippen LogP contribution is 2.43. The molecule has 2 aliphatic rings. The van der Waals surface area contributed by atoms with Crippen LogP contribution in [0.1, 0.15) is 50.8 Å². The number of halogens is 2. The molecule has 154 valence electrons. The number of piperidine rings is 1. The van der Waals surface area contributed by atoms with Gasteiger partial charge in [0, 0.05) is 6.54 Å². The van der Waals surface area contributed by atoms with E-state index in [1.807, 2.05) is 16.7 Å². The molecule has 0 aliphatic carbocycles. The van der Waals surface area contributed by atoms with E-state index in [-0.39, 0.29) is 47.1 Å². The zero-order valence-electron chi connectivity index (χ0n) is 15.2. The number of hydrogen-bond donors (Lipinski definition) is 3. The lowest BCUT2D eigenvalue weighted by atomic mass is 9.71. The zero-order valence-corrected chi connectivity index (χ0v) is 16.9. The van der Waals surface area contributed by atoms with Crippen LogP contribution >= 0.6 is 24.8 Å². The number of aryl methyl sites for hydroxylation is 1. The van der Waals surface area contributed by atoms with Crippen LogP contribution in [0.2, 0.25) is 0 Å². The Labute approximate surface area is 175 Å². The van der Waals surface area contributed by atoms with Crippen molar-refractivity contribution in [2.45, 2.75) is 31.2 Å². The summed E-state index contributed by atoms with van der Waals surface area (Å²) in [6, 6.07) is 8.33. The van der Waals surface area contributed by atoms with Gasteiger partial charge in [0.05, 0.1) is 5.41 Å². The van der Waals surface area contributed by atoms with Gasteiger partial charge in [0.15, 0.2) is 5.69 Å². The van der Waals surface area contributed by atoms with Crippen molar-refractivity contribution < 1.29 is 15.1 Å². The molecule has 2 amide bonds. The first kappa shape index (κ1) is 23.9. The summed E-state index contributed by atoms with van der Waals surface area (Å²) in [7, 11) is 0. The monoisotopic (exact) mass is 429 g/mol. The molecule has 1 aromatic heterocycles. The van der Waals surface area contributed by atoms with Gasteiger partial charge in [-0.3, -0.25) is 9.59 Å². The number of fused-ring (bicyclic) bond motifs is 4.